The van der Waals surface area contributed by atoms with Crippen molar-refractivity contribution in [2.24, 2.45) is 16.7 Å². The molecular weight excluding hydrogens is 230 g/mol. The Bertz CT molecular complexity index is 482. The van der Waals surface area contributed by atoms with Crippen molar-refractivity contribution in [3.63, 3.8) is 0 Å². The van der Waals surface area contributed by atoms with Gasteiger partial charge in [0.2, 0.25) is 0 Å². The Balaban J connectivity index is 2.45. The molecule has 0 aromatic carbocycles. The molecule has 2 aliphatic carbocycles. The summed E-state index contributed by atoms with van der Waals surface area (Å²) >= 11 is 0. The smallest absolute Gasteiger partial charge is 0.0425 e. The van der Waals surface area contributed by atoms with E-state index in [0.717, 1.165) is 5.70 Å². The Morgan fingerprint density at radius 3 is 2.58 bits per heavy atom. The Morgan fingerprint density at radius 2 is 2.05 bits per heavy atom. The summed E-state index contributed by atoms with van der Waals surface area (Å²) in [5.74, 6) is 0.453. The predicted octanol–water partition coefficient (Wildman–Crippen LogP) is 4.60. The van der Waals surface area contributed by atoms with Crippen LogP contribution in [0.2, 0.25) is 0 Å². The van der Waals surface area contributed by atoms with Gasteiger partial charge in [0.05, 0.1) is 0 Å². The second kappa shape index (κ2) is 4.40. The first-order valence-electron chi connectivity index (χ1n) is 7.18. The molecule has 0 radical (unpaired) electrons. The first kappa shape index (κ1) is 14.2. The zero-order valence-electron chi connectivity index (χ0n) is 13.0. The summed E-state index contributed by atoms with van der Waals surface area (Å²) in [5, 5.41) is 3.63. The van der Waals surface area contributed by atoms with Gasteiger partial charge in [0.1, 0.15) is 0 Å². The van der Waals surface area contributed by atoms with Crippen LogP contribution in [0.25, 0.3) is 0 Å². The van der Waals surface area contributed by atoms with E-state index in [4.69, 9.17) is 0 Å². The predicted molar refractivity (Wildman–Crippen MR) is 83.8 cm³/mol. The fourth-order valence-electron chi connectivity index (χ4n) is 4.41. The van der Waals surface area contributed by atoms with Gasteiger partial charge in [-0.2, -0.15) is 0 Å². The molecule has 0 spiro atoms. The van der Waals surface area contributed by atoms with Crippen LogP contribution in [0.5, 0.6) is 0 Å². The normalized spacial score (nSPS) is 40.6. The van der Waals surface area contributed by atoms with Gasteiger partial charge >= 0.3 is 0 Å². The highest BCUT2D eigenvalue weighted by molar-refractivity contribution is 5.41. The fourth-order valence-corrected chi connectivity index (χ4v) is 4.41. The molecule has 19 heavy (non-hydrogen) atoms. The molecule has 0 saturated heterocycles. The summed E-state index contributed by atoms with van der Waals surface area (Å²) in [6.45, 7) is 19.5. The third-order valence-corrected chi connectivity index (χ3v) is 5.11. The van der Waals surface area contributed by atoms with E-state index in [-0.39, 0.29) is 10.8 Å². The highest BCUT2D eigenvalue weighted by Crippen LogP contribution is 2.64. The van der Waals surface area contributed by atoms with Crippen LogP contribution in [0.4, 0.5) is 0 Å². The van der Waals surface area contributed by atoms with Gasteiger partial charge in [-0.15, -0.1) is 0 Å². The van der Waals surface area contributed by atoms with Crippen LogP contribution >= 0.6 is 0 Å². The molecule has 4 unspecified atom stereocenters. The highest BCUT2D eigenvalue weighted by Gasteiger charge is 2.61. The van der Waals surface area contributed by atoms with Crippen molar-refractivity contribution in [3.8, 4) is 0 Å². The van der Waals surface area contributed by atoms with E-state index in [1.165, 1.54) is 17.6 Å². The summed E-state index contributed by atoms with van der Waals surface area (Å²) in [6, 6.07) is 0.406. The van der Waals surface area contributed by atoms with Gasteiger partial charge in [0, 0.05) is 23.1 Å². The molecule has 0 heterocycles. The number of allylic oxidation sites excluding steroid dienone is 4. The van der Waals surface area contributed by atoms with Crippen molar-refractivity contribution in [2.45, 2.75) is 47.1 Å². The van der Waals surface area contributed by atoms with Crippen molar-refractivity contribution < 1.29 is 0 Å². The Kier molecular flexibility index (Phi) is 3.28. The highest BCUT2D eigenvalue weighted by atomic mass is 15.0. The van der Waals surface area contributed by atoms with Crippen molar-refractivity contribution in [1.82, 2.24) is 5.32 Å². The van der Waals surface area contributed by atoms with Crippen molar-refractivity contribution >= 4 is 0 Å². The van der Waals surface area contributed by atoms with E-state index in [9.17, 15) is 0 Å². The Hall–Kier alpha value is -1.24. The molecule has 2 aliphatic rings. The summed E-state index contributed by atoms with van der Waals surface area (Å²) in [6.07, 6.45) is 7.94. The SMILES string of the molecule is C=C(C)NC1C(C(=C)/C=C\C)C2(C)C=C(C)C1(C)C2. The monoisotopic (exact) mass is 257 g/mol. The fraction of sp³-hybridized carbons (Fsp3) is 0.556. The second-order valence-corrected chi connectivity index (χ2v) is 6.88. The van der Waals surface area contributed by atoms with E-state index in [0.29, 0.717) is 12.0 Å². The minimum absolute atomic E-state index is 0.225. The van der Waals surface area contributed by atoms with E-state index in [1.807, 2.05) is 6.92 Å². The summed E-state index contributed by atoms with van der Waals surface area (Å²) in [4.78, 5) is 0. The van der Waals surface area contributed by atoms with Crippen LogP contribution in [0.1, 0.15) is 41.0 Å². The molecular formula is C18H27N. The molecule has 2 bridgehead atoms. The molecule has 1 heteroatoms. The molecule has 0 amide bonds. The van der Waals surface area contributed by atoms with E-state index >= 15 is 0 Å². The lowest BCUT2D eigenvalue weighted by molar-refractivity contribution is 0.280. The van der Waals surface area contributed by atoms with Crippen LogP contribution in [0.3, 0.4) is 0 Å². The van der Waals surface area contributed by atoms with E-state index in [1.54, 1.807) is 0 Å². The van der Waals surface area contributed by atoms with Gasteiger partial charge in [-0.3, -0.25) is 0 Å². The molecule has 1 saturated carbocycles. The molecule has 4 atom stereocenters. The molecule has 1 N–H and O–H groups in total. The summed E-state index contributed by atoms with van der Waals surface area (Å²) in [7, 11) is 0. The maximum absolute atomic E-state index is 4.32. The molecule has 1 fully saturated rings. The summed E-state index contributed by atoms with van der Waals surface area (Å²) in [5.41, 5.74) is 4.24. The van der Waals surface area contributed by atoms with Gasteiger partial charge in [0.15, 0.2) is 0 Å². The van der Waals surface area contributed by atoms with Crippen LogP contribution in [-0.4, -0.2) is 6.04 Å². The average Bonchev–Trinajstić information content (AvgIpc) is 2.61. The maximum atomic E-state index is 4.32. The number of hydrogen-bond acceptors (Lipinski definition) is 1. The van der Waals surface area contributed by atoms with Crippen LogP contribution in [0.15, 0.2) is 48.2 Å². The van der Waals surface area contributed by atoms with Gasteiger partial charge < -0.3 is 5.32 Å². The van der Waals surface area contributed by atoms with Crippen LogP contribution < -0.4 is 5.32 Å². The number of rotatable bonds is 4. The standard InChI is InChI=1S/C18H27N/c1-8-9-13(4)15-16(19-12(2)3)18(7)11-17(15,6)10-14(18)5/h8-10,15-16,19H,2,4,11H2,1,3,5-7H3/b9-8-. The zero-order valence-corrected chi connectivity index (χ0v) is 13.0. The molecule has 0 aromatic heterocycles. The van der Waals surface area contributed by atoms with Gasteiger partial charge in [-0.05, 0) is 38.2 Å². The largest absolute Gasteiger partial charge is 0.385 e. The minimum atomic E-state index is 0.225. The first-order valence-corrected chi connectivity index (χ1v) is 7.18. The minimum Gasteiger partial charge on any atom is -0.385 e. The lowest BCUT2D eigenvalue weighted by Crippen LogP contribution is -2.46. The molecule has 0 aliphatic heterocycles. The molecule has 0 aromatic rings. The number of fused-ring (bicyclic) bond motifs is 2. The van der Waals surface area contributed by atoms with Crippen LogP contribution in [0, 0.1) is 16.7 Å². The lowest BCUT2D eigenvalue weighted by atomic mass is 9.70. The third-order valence-electron chi connectivity index (χ3n) is 5.11. The zero-order chi connectivity index (χ0) is 14.4. The number of nitrogens with one attached hydrogen (secondary N) is 1. The Labute approximate surface area is 118 Å². The van der Waals surface area contributed by atoms with Crippen LogP contribution in [-0.2, 0) is 0 Å². The van der Waals surface area contributed by atoms with Gasteiger partial charge in [-0.25, -0.2) is 0 Å². The Morgan fingerprint density at radius 1 is 1.42 bits per heavy atom. The maximum Gasteiger partial charge on any atom is 0.0425 e. The average molecular weight is 257 g/mol. The molecule has 2 rings (SSSR count). The van der Waals surface area contributed by atoms with Crippen molar-refractivity contribution in [1.29, 1.82) is 0 Å². The van der Waals surface area contributed by atoms with Gasteiger partial charge in [0.25, 0.3) is 0 Å². The molecule has 104 valence electrons. The summed E-state index contributed by atoms with van der Waals surface area (Å²) < 4.78 is 0. The van der Waals surface area contributed by atoms with Gasteiger partial charge in [-0.1, -0.05) is 50.8 Å². The van der Waals surface area contributed by atoms with Crippen molar-refractivity contribution in [3.05, 3.63) is 48.2 Å². The van der Waals surface area contributed by atoms with Crippen molar-refractivity contribution in [2.75, 3.05) is 0 Å². The second-order valence-electron chi connectivity index (χ2n) is 6.88. The molecule has 1 nitrogen and oxygen atoms in total. The topological polar surface area (TPSA) is 12.0 Å². The quantitative estimate of drug-likeness (QED) is 0.573. The third kappa shape index (κ3) is 2.00. The lowest BCUT2D eigenvalue weighted by Gasteiger charge is -2.41. The number of hydrogen-bond donors (Lipinski definition) is 1. The van der Waals surface area contributed by atoms with E-state index < -0.39 is 0 Å². The first-order chi connectivity index (χ1) is 8.74. The van der Waals surface area contributed by atoms with E-state index in [2.05, 4.69) is 64.4 Å².